The molecule has 5 nitrogen and oxygen atoms in total. The summed E-state index contributed by atoms with van der Waals surface area (Å²) < 4.78 is 16.0. The molecule has 0 saturated carbocycles. The molecule has 0 aliphatic heterocycles. The zero-order chi connectivity index (χ0) is 15.2. The van der Waals surface area contributed by atoms with Gasteiger partial charge in [-0.1, -0.05) is 18.2 Å². The zero-order valence-electron chi connectivity index (χ0n) is 11.9. The molecule has 0 spiro atoms. The minimum Gasteiger partial charge on any atom is -0.497 e. The summed E-state index contributed by atoms with van der Waals surface area (Å²) in [6.45, 7) is 0.260. The van der Waals surface area contributed by atoms with Crippen molar-refractivity contribution in [2.45, 2.75) is 6.61 Å². The Morgan fingerprint density at radius 2 is 1.71 bits per heavy atom. The van der Waals surface area contributed by atoms with E-state index in [2.05, 4.69) is 0 Å². The summed E-state index contributed by atoms with van der Waals surface area (Å²) in [5.74, 6) is 1.64. The number of para-hydroxylation sites is 1. The second-order valence-corrected chi connectivity index (χ2v) is 4.38. The third-order valence-electron chi connectivity index (χ3n) is 3.07. The van der Waals surface area contributed by atoms with Crippen molar-refractivity contribution in [1.82, 2.24) is 0 Å². The van der Waals surface area contributed by atoms with Crippen LogP contribution in [0.1, 0.15) is 5.56 Å². The maximum Gasteiger partial charge on any atom is 0.492 e. The van der Waals surface area contributed by atoms with Crippen molar-refractivity contribution in [3.8, 4) is 17.2 Å². The van der Waals surface area contributed by atoms with Crippen LogP contribution < -0.4 is 19.7 Å². The highest BCUT2D eigenvalue weighted by atomic mass is 16.5. The summed E-state index contributed by atoms with van der Waals surface area (Å²) in [6, 6.07) is 12.4. The van der Waals surface area contributed by atoms with Gasteiger partial charge in [-0.15, -0.1) is 0 Å². The summed E-state index contributed by atoms with van der Waals surface area (Å²) in [5, 5.41) is 18.8. The molecule has 6 heteroatoms. The SMILES string of the molecule is COc1ccc(OCc2ccccc2OC)c(B(O)O)c1. The van der Waals surface area contributed by atoms with Crippen molar-refractivity contribution in [1.29, 1.82) is 0 Å². The molecule has 2 aromatic rings. The summed E-state index contributed by atoms with van der Waals surface area (Å²) in [6.07, 6.45) is 0. The topological polar surface area (TPSA) is 68.2 Å². The Hall–Kier alpha value is -2.18. The van der Waals surface area contributed by atoms with E-state index < -0.39 is 7.12 Å². The molecular formula is C15H17BO5. The van der Waals surface area contributed by atoms with Gasteiger partial charge in [0, 0.05) is 11.0 Å². The van der Waals surface area contributed by atoms with Crippen molar-refractivity contribution < 1.29 is 24.3 Å². The second-order valence-electron chi connectivity index (χ2n) is 4.38. The van der Waals surface area contributed by atoms with Gasteiger partial charge in [-0.2, -0.15) is 0 Å². The summed E-state index contributed by atoms with van der Waals surface area (Å²) in [7, 11) is 1.47. The molecule has 2 N–H and O–H groups in total. The molecule has 110 valence electrons. The molecule has 0 aromatic heterocycles. The van der Waals surface area contributed by atoms with Gasteiger partial charge in [0.25, 0.3) is 0 Å². The van der Waals surface area contributed by atoms with Gasteiger partial charge in [0.15, 0.2) is 0 Å². The van der Waals surface area contributed by atoms with E-state index in [0.29, 0.717) is 11.5 Å². The molecule has 21 heavy (non-hydrogen) atoms. The van der Waals surface area contributed by atoms with Crippen molar-refractivity contribution in [2.24, 2.45) is 0 Å². The summed E-state index contributed by atoms with van der Waals surface area (Å²) in [4.78, 5) is 0. The maximum absolute atomic E-state index is 9.42. The number of methoxy groups -OCH3 is 2. The Morgan fingerprint density at radius 3 is 2.38 bits per heavy atom. The third-order valence-corrected chi connectivity index (χ3v) is 3.07. The number of hydrogen-bond acceptors (Lipinski definition) is 5. The fourth-order valence-corrected chi connectivity index (χ4v) is 1.96. The first-order chi connectivity index (χ1) is 10.2. The number of hydrogen-bond donors (Lipinski definition) is 2. The largest absolute Gasteiger partial charge is 0.497 e. The fraction of sp³-hybridized carbons (Fsp3) is 0.200. The fourth-order valence-electron chi connectivity index (χ4n) is 1.96. The lowest BCUT2D eigenvalue weighted by Crippen LogP contribution is -2.31. The van der Waals surface area contributed by atoms with Gasteiger partial charge in [0.05, 0.1) is 14.2 Å². The van der Waals surface area contributed by atoms with Gasteiger partial charge in [0.2, 0.25) is 0 Å². The lowest BCUT2D eigenvalue weighted by atomic mass is 9.79. The molecule has 0 aliphatic carbocycles. The highest BCUT2D eigenvalue weighted by molar-refractivity contribution is 6.59. The third kappa shape index (κ3) is 3.68. The molecule has 0 unspecified atom stereocenters. The van der Waals surface area contributed by atoms with Gasteiger partial charge in [-0.05, 0) is 24.3 Å². The molecule has 0 bridgehead atoms. The molecule has 0 amide bonds. The highest BCUT2D eigenvalue weighted by Gasteiger charge is 2.18. The van der Waals surface area contributed by atoms with Gasteiger partial charge < -0.3 is 24.3 Å². The Bertz CT molecular complexity index is 600. The van der Waals surface area contributed by atoms with E-state index in [1.54, 1.807) is 19.2 Å². The predicted molar refractivity (Wildman–Crippen MR) is 80.1 cm³/mol. The predicted octanol–water partition coefficient (Wildman–Crippen LogP) is 0.963. The van der Waals surface area contributed by atoms with Crippen LogP contribution in [0.2, 0.25) is 0 Å². The van der Waals surface area contributed by atoms with Crippen LogP contribution in [-0.2, 0) is 6.61 Å². The van der Waals surface area contributed by atoms with Crippen molar-refractivity contribution in [2.75, 3.05) is 14.2 Å². The van der Waals surface area contributed by atoms with E-state index in [0.717, 1.165) is 11.3 Å². The monoisotopic (exact) mass is 288 g/mol. The van der Waals surface area contributed by atoms with Crippen LogP contribution in [0.5, 0.6) is 17.2 Å². The lowest BCUT2D eigenvalue weighted by Gasteiger charge is -2.14. The minimum atomic E-state index is -1.63. The van der Waals surface area contributed by atoms with Crippen LogP contribution in [0.25, 0.3) is 0 Å². The Morgan fingerprint density at radius 1 is 0.952 bits per heavy atom. The quantitative estimate of drug-likeness (QED) is 0.775. The molecule has 0 radical (unpaired) electrons. The van der Waals surface area contributed by atoms with Gasteiger partial charge in [-0.3, -0.25) is 0 Å². The molecule has 0 aliphatic rings. The molecule has 2 rings (SSSR count). The van der Waals surface area contributed by atoms with Crippen molar-refractivity contribution in [3.63, 3.8) is 0 Å². The van der Waals surface area contributed by atoms with E-state index in [1.165, 1.54) is 13.2 Å². The standard InChI is InChI=1S/C15H17BO5/c1-19-12-7-8-15(13(9-12)16(17)18)21-10-11-5-3-4-6-14(11)20-2/h3-9,17-18H,10H2,1-2H3. The van der Waals surface area contributed by atoms with Crippen LogP contribution in [0.15, 0.2) is 42.5 Å². The van der Waals surface area contributed by atoms with Gasteiger partial charge in [-0.25, -0.2) is 0 Å². The van der Waals surface area contributed by atoms with Crippen LogP contribution >= 0.6 is 0 Å². The van der Waals surface area contributed by atoms with E-state index in [1.807, 2.05) is 24.3 Å². The lowest BCUT2D eigenvalue weighted by molar-refractivity contribution is 0.296. The molecule has 0 fully saturated rings. The normalized spacial score (nSPS) is 10.1. The summed E-state index contributed by atoms with van der Waals surface area (Å²) in [5.41, 5.74) is 1.12. The molecule has 2 aromatic carbocycles. The van der Waals surface area contributed by atoms with Crippen molar-refractivity contribution in [3.05, 3.63) is 48.0 Å². The molecule has 0 atom stereocenters. The minimum absolute atomic E-state index is 0.254. The van der Waals surface area contributed by atoms with E-state index in [9.17, 15) is 10.0 Å². The highest BCUT2D eigenvalue weighted by Crippen LogP contribution is 2.21. The van der Waals surface area contributed by atoms with Crippen LogP contribution in [0.3, 0.4) is 0 Å². The smallest absolute Gasteiger partial charge is 0.492 e. The van der Waals surface area contributed by atoms with Gasteiger partial charge in [0.1, 0.15) is 23.9 Å². The van der Waals surface area contributed by atoms with E-state index >= 15 is 0 Å². The number of rotatable bonds is 6. The van der Waals surface area contributed by atoms with Crippen molar-refractivity contribution >= 4 is 12.6 Å². The van der Waals surface area contributed by atoms with E-state index in [-0.39, 0.29) is 12.1 Å². The van der Waals surface area contributed by atoms with E-state index in [4.69, 9.17) is 14.2 Å². The summed E-state index contributed by atoms with van der Waals surface area (Å²) >= 11 is 0. The van der Waals surface area contributed by atoms with Crippen LogP contribution in [-0.4, -0.2) is 31.4 Å². The van der Waals surface area contributed by atoms with Gasteiger partial charge >= 0.3 is 7.12 Å². The number of benzene rings is 2. The second kappa shape index (κ2) is 7.01. The molecule has 0 saturated heterocycles. The Kier molecular flexibility index (Phi) is 5.08. The number of ether oxygens (including phenoxy) is 3. The first-order valence-corrected chi connectivity index (χ1v) is 6.44. The maximum atomic E-state index is 9.42. The Labute approximate surface area is 123 Å². The zero-order valence-corrected chi connectivity index (χ0v) is 11.9. The van der Waals surface area contributed by atoms with Crippen LogP contribution in [0.4, 0.5) is 0 Å². The first-order valence-electron chi connectivity index (χ1n) is 6.44. The average molecular weight is 288 g/mol. The first kappa shape index (κ1) is 15.2. The Balaban J connectivity index is 2.19. The average Bonchev–Trinajstić information content (AvgIpc) is 2.52. The van der Waals surface area contributed by atoms with Crippen LogP contribution in [0, 0.1) is 0 Å². The molecular weight excluding hydrogens is 271 g/mol. The molecule has 0 heterocycles.